The third kappa shape index (κ3) is 3.59. The molecule has 0 atom stereocenters. The number of fused-ring (bicyclic) bond motifs is 2. The Morgan fingerprint density at radius 2 is 1.94 bits per heavy atom. The Labute approximate surface area is 194 Å². The predicted octanol–water partition coefficient (Wildman–Crippen LogP) is 5.40. The minimum atomic E-state index is 0.719. The summed E-state index contributed by atoms with van der Waals surface area (Å²) in [6.45, 7) is 3.83. The van der Waals surface area contributed by atoms with Gasteiger partial charge in [0.05, 0.1) is 16.7 Å². The van der Waals surface area contributed by atoms with Crippen LogP contribution in [0.5, 0.6) is 0 Å². The average molecular weight is 452 g/mol. The monoisotopic (exact) mass is 451 g/mol. The number of aromatic nitrogens is 6. The molecule has 0 bridgehead atoms. The van der Waals surface area contributed by atoms with Crippen LogP contribution in [-0.2, 0) is 6.54 Å². The molecule has 7 nitrogen and oxygen atoms in total. The van der Waals surface area contributed by atoms with Crippen LogP contribution in [0.4, 0.5) is 0 Å². The fourth-order valence-electron chi connectivity index (χ4n) is 4.04. The summed E-state index contributed by atoms with van der Waals surface area (Å²) in [5.74, 6) is 0.719. The molecule has 0 amide bonds. The Morgan fingerprint density at radius 3 is 2.82 bits per heavy atom. The minimum Gasteiger partial charge on any atom is -0.336 e. The van der Waals surface area contributed by atoms with E-state index in [9.17, 15) is 0 Å². The molecular weight excluding hydrogens is 430 g/mol. The van der Waals surface area contributed by atoms with Crippen LogP contribution in [0, 0.1) is 0 Å². The molecule has 5 heterocycles. The second kappa shape index (κ2) is 8.23. The summed E-state index contributed by atoms with van der Waals surface area (Å²) in [5.41, 5.74) is 8.81. The summed E-state index contributed by atoms with van der Waals surface area (Å²) in [6, 6.07) is 12.5. The highest BCUT2D eigenvalue weighted by atomic mass is 32.1. The van der Waals surface area contributed by atoms with Crippen molar-refractivity contribution in [2.24, 2.45) is 0 Å². The second-order valence-corrected chi connectivity index (χ2v) is 8.63. The molecule has 0 radical (unpaired) electrons. The van der Waals surface area contributed by atoms with Crippen molar-refractivity contribution in [3.8, 4) is 33.9 Å². The Kier molecular flexibility index (Phi) is 4.93. The van der Waals surface area contributed by atoms with Crippen LogP contribution in [-0.4, -0.2) is 36.7 Å². The molecule has 6 aromatic rings. The van der Waals surface area contributed by atoms with Gasteiger partial charge in [-0.3, -0.25) is 15.1 Å². The molecule has 0 aliphatic rings. The number of nitrogens with one attached hydrogen (secondary N) is 3. The smallest absolute Gasteiger partial charge is 0.159 e. The molecule has 0 saturated heterocycles. The van der Waals surface area contributed by atoms with Crippen LogP contribution >= 0.6 is 11.3 Å². The molecule has 33 heavy (non-hydrogen) atoms. The number of rotatable bonds is 6. The molecule has 6 rings (SSSR count). The van der Waals surface area contributed by atoms with Crippen LogP contribution in [0.2, 0.25) is 0 Å². The van der Waals surface area contributed by atoms with Crippen molar-refractivity contribution < 1.29 is 0 Å². The van der Waals surface area contributed by atoms with Crippen molar-refractivity contribution in [1.29, 1.82) is 0 Å². The van der Waals surface area contributed by atoms with Gasteiger partial charge in [-0.25, -0.2) is 4.98 Å². The fourth-order valence-corrected chi connectivity index (χ4v) is 4.68. The lowest BCUT2D eigenvalue weighted by atomic mass is 10.0. The lowest BCUT2D eigenvalue weighted by Crippen LogP contribution is -2.11. The van der Waals surface area contributed by atoms with Gasteiger partial charge in [-0.05, 0) is 53.4 Å². The van der Waals surface area contributed by atoms with E-state index in [1.165, 1.54) is 0 Å². The van der Waals surface area contributed by atoms with Crippen molar-refractivity contribution in [2.45, 2.75) is 13.5 Å². The predicted molar refractivity (Wildman–Crippen MR) is 133 cm³/mol. The summed E-state index contributed by atoms with van der Waals surface area (Å²) in [5, 5.41) is 16.2. The first-order chi connectivity index (χ1) is 16.3. The Hall–Kier alpha value is -3.88. The summed E-state index contributed by atoms with van der Waals surface area (Å²) in [6.07, 6.45) is 5.61. The largest absolute Gasteiger partial charge is 0.336 e. The number of nitrogens with zero attached hydrogens (tertiary/aromatic N) is 4. The third-order valence-corrected chi connectivity index (χ3v) is 6.37. The fraction of sp³-hybridized carbons (Fsp3) is 0.120. The molecule has 0 spiro atoms. The van der Waals surface area contributed by atoms with Gasteiger partial charge in [0.25, 0.3) is 0 Å². The van der Waals surface area contributed by atoms with Gasteiger partial charge in [-0.2, -0.15) is 16.4 Å². The third-order valence-electron chi connectivity index (χ3n) is 5.69. The molecular formula is C25H21N7S. The number of aromatic amines is 2. The maximum atomic E-state index is 4.89. The summed E-state index contributed by atoms with van der Waals surface area (Å²) < 4.78 is 0. The zero-order chi connectivity index (χ0) is 22.2. The number of hydrogen-bond donors (Lipinski definition) is 3. The lowest BCUT2D eigenvalue weighted by molar-refractivity contribution is 0.724. The first-order valence-corrected chi connectivity index (χ1v) is 11.8. The number of benzene rings is 1. The van der Waals surface area contributed by atoms with E-state index in [1.54, 1.807) is 11.3 Å². The van der Waals surface area contributed by atoms with Crippen molar-refractivity contribution in [1.82, 2.24) is 35.5 Å². The number of hydrogen-bond acceptors (Lipinski definition) is 6. The van der Waals surface area contributed by atoms with E-state index in [-0.39, 0.29) is 0 Å². The summed E-state index contributed by atoms with van der Waals surface area (Å²) in [7, 11) is 0. The van der Waals surface area contributed by atoms with Gasteiger partial charge < -0.3 is 10.3 Å². The zero-order valence-electron chi connectivity index (χ0n) is 18.0. The van der Waals surface area contributed by atoms with Gasteiger partial charge >= 0.3 is 0 Å². The van der Waals surface area contributed by atoms with Gasteiger partial charge in [-0.1, -0.05) is 13.0 Å². The molecule has 0 unspecified atom stereocenters. The zero-order valence-corrected chi connectivity index (χ0v) is 18.8. The summed E-state index contributed by atoms with van der Waals surface area (Å²) >= 11 is 1.65. The van der Waals surface area contributed by atoms with E-state index in [4.69, 9.17) is 4.98 Å². The molecule has 0 fully saturated rings. The standard InChI is InChI=1S/C25H21N7S/c1-2-26-11-15-9-18(13-27-12-15)16-3-4-20-19(10-16)23(32-31-20)25-29-21-5-7-28-22(24(21)30-25)17-6-8-33-14-17/h3-10,12-14,26H,2,11H2,1H3,(H,29,30)(H,31,32). The first kappa shape index (κ1) is 19.8. The van der Waals surface area contributed by atoms with Crippen LogP contribution < -0.4 is 5.32 Å². The number of thiophene rings is 1. The maximum absolute atomic E-state index is 4.89. The molecule has 0 aliphatic heterocycles. The van der Waals surface area contributed by atoms with Crippen molar-refractivity contribution in [2.75, 3.05) is 6.54 Å². The van der Waals surface area contributed by atoms with Crippen LogP contribution in [0.15, 0.2) is 65.7 Å². The van der Waals surface area contributed by atoms with Gasteiger partial charge in [0.1, 0.15) is 11.2 Å². The normalized spacial score (nSPS) is 11.5. The van der Waals surface area contributed by atoms with Crippen LogP contribution in [0.1, 0.15) is 12.5 Å². The van der Waals surface area contributed by atoms with Crippen molar-refractivity contribution in [3.05, 3.63) is 71.3 Å². The molecule has 0 aliphatic carbocycles. The molecule has 5 aromatic heterocycles. The average Bonchev–Trinajstić information content (AvgIpc) is 3.61. The molecule has 3 N–H and O–H groups in total. The first-order valence-electron chi connectivity index (χ1n) is 10.8. The van der Waals surface area contributed by atoms with Crippen LogP contribution in [0.25, 0.3) is 55.8 Å². The molecule has 0 saturated carbocycles. The van der Waals surface area contributed by atoms with E-state index in [1.807, 2.05) is 30.0 Å². The van der Waals surface area contributed by atoms with Gasteiger partial charge in [0.2, 0.25) is 0 Å². The summed E-state index contributed by atoms with van der Waals surface area (Å²) in [4.78, 5) is 17.3. The van der Waals surface area contributed by atoms with E-state index >= 15 is 0 Å². The van der Waals surface area contributed by atoms with Gasteiger partial charge in [0.15, 0.2) is 5.82 Å². The van der Waals surface area contributed by atoms with Crippen molar-refractivity contribution >= 4 is 33.3 Å². The second-order valence-electron chi connectivity index (χ2n) is 7.85. The quantitative estimate of drug-likeness (QED) is 0.315. The maximum Gasteiger partial charge on any atom is 0.159 e. The number of imidazole rings is 1. The van der Waals surface area contributed by atoms with E-state index in [2.05, 4.69) is 73.1 Å². The van der Waals surface area contributed by atoms with E-state index < -0.39 is 0 Å². The van der Waals surface area contributed by atoms with E-state index in [0.717, 1.165) is 74.5 Å². The Morgan fingerprint density at radius 1 is 0.970 bits per heavy atom. The molecule has 162 valence electrons. The van der Waals surface area contributed by atoms with E-state index in [0.29, 0.717) is 0 Å². The highest BCUT2D eigenvalue weighted by Crippen LogP contribution is 2.32. The van der Waals surface area contributed by atoms with Crippen LogP contribution in [0.3, 0.4) is 0 Å². The number of H-pyrrole nitrogens is 2. The highest BCUT2D eigenvalue weighted by molar-refractivity contribution is 7.08. The topological polar surface area (TPSA) is 95.2 Å². The van der Waals surface area contributed by atoms with Gasteiger partial charge in [-0.15, -0.1) is 0 Å². The number of pyridine rings is 2. The Bertz CT molecular complexity index is 1560. The van der Waals surface area contributed by atoms with Gasteiger partial charge in [0, 0.05) is 47.0 Å². The minimum absolute atomic E-state index is 0.719. The molecule has 1 aromatic carbocycles. The Balaban J connectivity index is 1.44. The lowest BCUT2D eigenvalue weighted by Gasteiger charge is -2.06. The molecule has 8 heteroatoms. The SMILES string of the molecule is CCNCc1cncc(-c2ccc3[nH]nc(-c4nc5c(-c6ccsc6)nccc5[nH]4)c3c2)c1. The van der Waals surface area contributed by atoms with Crippen molar-refractivity contribution in [3.63, 3.8) is 0 Å². The highest BCUT2D eigenvalue weighted by Gasteiger charge is 2.16.